The fourth-order valence-electron chi connectivity index (χ4n) is 2.62. The number of aryl methyl sites for hydroxylation is 2. The summed E-state index contributed by atoms with van der Waals surface area (Å²) in [6, 6.07) is 5.86. The molecule has 0 atom stereocenters. The molecule has 6 nitrogen and oxygen atoms in total. The first-order valence-corrected chi connectivity index (χ1v) is 8.76. The van der Waals surface area contributed by atoms with Crippen LogP contribution >= 0.6 is 11.3 Å². The average Bonchev–Trinajstić information content (AvgIpc) is 2.92. The molecule has 0 saturated heterocycles. The Morgan fingerprint density at radius 1 is 1.04 bits per heavy atom. The van der Waals surface area contributed by atoms with Gasteiger partial charge in [-0.3, -0.25) is 4.79 Å². The first-order valence-electron chi connectivity index (χ1n) is 7.94. The molecule has 0 unspecified atom stereocenters. The maximum atomic E-state index is 12.5. The van der Waals surface area contributed by atoms with E-state index in [4.69, 9.17) is 9.47 Å². The molecule has 2 rings (SSSR count). The van der Waals surface area contributed by atoms with Gasteiger partial charge in [0.2, 0.25) is 5.91 Å². The summed E-state index contributed by atoms with van der Waals surface area (Å²) in [7, 11) is 2.51. The van der Waals surface area contributed by atoms with E-state index < -0.39 is 11.9 Å². The molecule has 1 amide bonds. The number of nitrogens with one attached hydrogen (secondary N) is 1. The molecule has 0 aliphatic rings. The maximum absolute atomic E-state index is 12.5. The number of amides is 1. The summed E-state index contributed by atoms with van der Waals surface area (Å²) in [6.45, 7) is 5.55. The Hall–Kier alpha value is -2.67. The third-order valence-corrected chi connectivity index (χ3v) is 5.20. The van der Waals surface area contributed by atoms with Crippen molar-refractivity contribution in [3.05, 3.63) is 50.9 Å². The minimum Gasteiger partial charge on any atom is -0.465 e. The van der Waals surface area contributed by atoms with Crippen molar-refractivity contribution >= 4 is 34.2 Å². The van der Waals surface area contributed by atoms with E-state index in [1.54, 1.807) is 6.92 Å². The van der Waals surface area contributed by atoms with Crippen molar-refractivity contribution in [2.75, 3.05) is 19.5 Å². The second kappa shape index (κ2) is 8.14. The number of ether oxygens (including phenoxy) is 2. The molecular formula is C19H21NO5S. The van der Waals surface area contributed by atoms with Crippen LogP contribution in [-0.2, 0) is 20.7 Å². The van der Waals surface area contributed by atoms with Gasteiger partial charge in [-0.25, -0.2) is 9.59 Å². The third kappa shape index (κ3) is 4.11. The largest absolute Gasteiger partial charge is 0.465 e. The lowest BCUT2D eigenvalue weighted by molar-refractivity contribution is -0.115. The number of anilines is 1. The van der Waals surface area contributed by atoms with Crippen LogP contribution in [0, 0.1) is 20.8 Å². The van der Waals surface area contributed by atoms with E-state index in [0.29, 0.717) is 5.56 Å². The topological polar surface area (TPSA) is 81.7 Å². The Labute approximate surface area is 156 Å². The number of esters is 2. The molecule has 138 valence electrons. The van der Waals surface area contributed by atoms with E-state index in [1.165, 1.54) is 14.2 Å². The SMILES string of the molecule is COC(=O)c1sc(NC(=O)Cc2ccc(C)cc2C)c(C(=O)OC)c1C. The summed E-state index contributed by atoms with van der Waals surface area (Å²) in [5.41, 5.74) is 3.64. The smallest absolute Gasteiger partial charge is 0.348 e. The number of hydrogen-bond acceptors (Lipinski definition) is 6. The molecule has 0 bridgehead atoms. The summed E-state index contributed by atoms with van der Waals surface area (Å²) >= 11 is 1.00. The lowest BCUT2D eigenvalue weighted by Crippen LogP contribution is -2.16. The monoisotopic (exact) mass is 375 g/mol. The van der Waals surface area contributed by atoms with Gasteiger partial charge in [0, 0.05) is 0 Å². The minimum absolute atomic E-state index is 0.164. The molecule has 0 aliphatic heterocycles. The van der Waals surface area contributed by atoms with Gasteiger partial charge in [0.15, 0.2) is 0 Å². The van der Waals surface area contributed by atoms with E-state index >= 15 is 0 Å². The van der Waals surface area contributed by atoms with Crippen LogP contribution in [0.25, 0.3) is 0 Å². The number of carbonyl (C=O) groups excluding carboxylic acids is 3. The number of benzene rings is 1. The molecule has 0 fully saturated rings. The summed E-state index contributed by atoms with van der Waals surface area (Å²) in [4.78, 5) is 36.7. The number of thiophene rings is 1. The van der Waals surface area contributed by atoms with Crippen LogP contribution < -0.4 is 5.32 Å². The summed E-state index contributed by atoms with van der Waals surface area (Å²) in [5, 5.41) is 3.01. The Balaban J connectivity index is 2.31. The Bertz CT molecular complexity index is 869. The summed E-state index contributed by atoms with van der Waals surface area (Å²) < 4.78 is 9.51. The van der Waals surface area contributed by atoms with Crippen LogP contribution in [0.5, 0.6) is 0 Å². The van der Waals surface area contributed by atoms with E-state index in [-0.39, 0.29) is 27.8 Å². The van der Waals surface area contributed by atoms with Crippen molar-refractivity contribution in [2.24, 2.45) is 0 Å². The molecule has 26 heavy (non-hydrogen) atoms. The minimum atomic E-state index is -0.615. The van der Waals surface area contributed by atoms with Crippen molar-refractivity contribution in [1.82, 2.24) is 0 Å². The molecule has 2 aromatic rings. The number of methoxy groups -OCH3 is 2. The molecular weight excluding hydrogens is 354 g/mol. The van der Waals surface area contributed by atoms with E-state index in [2.05, 4.69) is 5.32 Å². The first-order chi connectivity index (χ1) is 12.3. The molecule has 0 saturated carbocycles. The van der Waals surface area contributed by atoms with Crippen LogP contribution in [0.4, 0.5) is 5.00 Å². The fourth-order valence-corrected chi connectivity index (χ4v) is 3.75. The predicted molar refractivity (Wildman–Crippen MR) is 100.0 cm³/mol. The second-order valence-corrected chi connectivity index (χ2v) is 6.92. The lowest BCUT2D eigenvalue weighted by atomic mass is 10.0. The molecule has 1 heterocycles. The third-order valence-electron chi connectivity index (χ3n) is 4.01. The summed E-state index contributed by atoms with van der Waals surface area (Å²) in [5.74, 6) is -1.46. The van der Waals surface area contributed by atoms with E-state index in [9.17, 15) is 14.4 Å². The number of rotatable bonds is 5. The number of carbonyl (C=O) groups is 3. The molecule has 0 aliphatic carbocycles. The highest BCUT2D eigenvalue weighted by Gasteiger charge is 2.26. The van der Waals surface area contributed by atoms with Gasteiger partial charge in [0.1, 0.15) is 9.88 Å². The highest BCUT2D eigenvalue weighted by Crippen LogP contribution is 2.34. The standard InChI is InChI=1S/C19H21NO5S/c1-10-6-7-13(11(2)8-10)9-14(21)20-17-15(18(22)24-4)12(3)16(26-17)19(23)25-5/h6-8H,9H2,1-5H3,(H,20,21). The molecule has 1 aromatic heterocycles. The highest BCUT2D eigenvalue weighted by atomic mass is 32.1. The van der Waals surface area contributed by atoms with Crippen molar-refractivity contribution in [1.29, 1.82) is 0 Å². The summed E-state index contributed by atoms with van der Waals surface area (Å²) in [6.07, 6.45) is 0.164. The highest BCUT2D eigenvalue weighted by molar-refractivity contribution is 7.18. The zero-order chi connectivity index (χ0) is 19.4. The van der Waals surface area contributed by atoms with Gasteiger partial charge in [0.25, 0.3) is 0 Å². The fraction of sp³-hybridized carbons (Fsp3) is 0.316. The van der Waals surface area contributed by atoms with Crippen molar-refractivity contribution in [3.8, 4) is 0 Å². The Morgan fingerprint density at radius 2 is 1.69 bits per heavy atom. The molecule has 7 heteroatoms. The Morgan fingerprint density at radius 3 is 2.27 bits per heavy atom. The van der Waals surface area contributed by atoms with Gasteiger partial charge in [-0.2, -0.15) is 0 Å². The normalized spacial score (nSPS) is 10.3. The van der Waals surface area contributed by atoms with Crippen molar-refractivity contribution < 1.29 is 23.9 Å². The molecule has 1 N–H and O–H groups in total. The molecule has 1 aromatic carbocycles. The molecule has 0 radical (unpaired) electrons. The van der Waals surface area contributed by atoms with E-state index in [0.717, 1.165) is 28.0 Å². The maximum Gasteiger partial charge on any atom is 0.348 e. The van der Waals surface area contributed by atoms with Crippen LogP contribution in [0.1, 0.15) is 42.3 Å². The van der Waals surface area contributed by atoms with Crippen molar-refractivity contribution in [3.63, 3.8) is 0 Å². The lowest BCUT2D eigenvalue weighted by Gasteiger charge is -2.08. The number of hydrogen-bond donors (Lipinski definition) is 1. The van der Waals surface area contributed by atoms with Gasteiger partial charge in [0.05, 0.1) is 26.2 Å². The van der Waals surface area contributed by atoms with E-state index in [1.807, 2.05) is 32.0 Å². The van der Waals surface area contributed by atoms with Gasteiger partial charge >= 0.3 is 11.9 Å². The van der Waals surface area contributed by atoms with Crippen molar-refractivity contribution in [2.45, 2.75) is 27.2 Å². The van der Waals surface area contributed by atoms with Crippen LogP contribution in [0.15, 0.2) is 18.2 Å². The average molecular weight is 375 g/mol. The van der Waals surface area contributed by atoms with Crippen LogP contribution in [-0.4, -0.2) is 32.1 Å². The second-order valence-electron chi connectivity index (χ2n) is 5.90. The van der Waals surface area contributed by atoms with Gasteiger partial charge in [-0.05, 0) is 37.5 Å². The predicted octanol–water partition coefficient (Wildman–Crippen LogP) is 3.43. The zero-order valence-corrected chi connectivity index (χ0v) is 16.2. The molecule has 0 spiro atoms. The van der Waals surface area contributed by atoms with Crippen LogP contribution in [0.2, 0.25) is 0 Å². The zero-order valence-electron chi connectivity index (χ0n) is 15.4. The Kier molecular flexibility index (Phi) is 6.15. The first kappa shape index (κ1) is 19.7. The van der Waals surface area contributed by atoms with Gasteiger partial charge in [-0.1, -0.05) is 23.8 Å². The quantitative estimate of drug-likeness (QED) is 0.810. The van der Waals surface area contributed by atoms with Gasteiger partial charge < -0.3 is 14.8 Å². The van der Waals surface area contributed by atoms with Gasteiger partial charge in [-0.15, -0.1) is 11.3 Å². The van der Waals surface area contributed by atoms with Crippen LogP contribution in [0.3, 0.4) is 0 Å².